The Morgan fingerprint density at radius 1 is 1.36 bits per heavy atom. The molecule has 0 bridgehead atoms. The van der Waals surface area contributed by atoms with Crippen LogP contribution in [-0.2, 0) is 0 Å². The van der Waals surface area contributed by atoms with Crippen molar-refractivity contribution < 1.29 is 9.53 Å². The SMILES string of the molecule is COc1ccc(C(=O)NC2CC2)cc1-n1ccnc1-c1nc[nH]c1C. The molecule has 1 aliphatic carbocycles. The largest absolute Gasteiger partial charge is 0.495 e. The third-order valence-electron chi connectivity index (χ3n) is 4.30. The van der Waals surface area contributed by atoms with Crippen molar-refractivity contribution in [2.45, 2.75) is 25.8 Å². The fraction of sp³-hybridized carbons (Fsp3) is 0.278. The molecule has 3 aromatic rings. The third-order valence-corrected chi connectivity index (χ3v) is 4.30. The standard InChI is InChI=1S/C18H19N5O2/c1-11-16(21-10-20-11)17-19-7-8-23(17)14-9-12(3-6-15(14)25-2)18(24)22-13-4-5-13/h3,6-10,13H,4-5H2,1-2H3,(H,20,21)(H,22,24). The molecule has 0 saturated heterocycles. The average Bonchev–Trinajstić information content (AvgIpc) is 3.13. The number of carbonyl (C=O) groups is 1. The Balaban J connectivity index is 1.78. The van der Waals surface area contributed by atoms with E-state index in [1.165, 1.54) is 0 Å². The fourth-order valence-corrected chi connectivity index (χ4v) is 2.77. The van der Waals surface area contributed by atoms with Crippen LogP contribution >= 0.6 is 0 Å². The maximum Gasteiger partial charge on any atom is 0.251 e. The van der Waals surface area contributed by atoms with Crippen molar-refractivity contribution in [3.05, 3.63) is 48.2 Å². The topological polar surface area (TPSA) is 84.8 Å². The van der Waals surface area contributed by atoms with Gasteiger partial charge in [-0.2, -0.15) is 0 Å². The number of methoxy groups -OCH3 is 1. The number of carbonyl (C=O) groups excluding carboxylic acids is 1. The summed E-state index contributed by atoms with van der Waals surface area (Å²) in [5.74, 6) is 1.29. The zero-order valence-electron chi connectivity index (χ0n) is 14.1. The van der Waals surface area contributed by atoms with Gasteiger partial charge in [-0.05, 0) is 38.0 Å². The van der Waals surface area contributed by atoms with E-state index in [-0.39, 0.29) is 5.91 Å². The maximum atomic E-state index is 12.4. The minimum Gasteiger partial charge on any atom is -0.495 e. The molecule has 0 aliphatic heterocycles. The molecule has 0 atom stereocenters. The van der Waals surface area contributed by atoms with Gasteiger partial charge in [0, 0.05) is 29.7 Å². The summed E-state index contributed by atoms with van der Waals surface area (Å²) < 4.78 is 7.38. The van der Waals surface area contributed by atoms with Gasteiger partial charge in [-0.3, -0.25) is 9.36 Å². The Bertz CT molecular complexity index is 923. The van der Waals surface area contributed by atoms with Gasteiger partial charge in [0.05, 0.1) is 19.1 Å². The van der Waals surface area contributed by atoms with Gasteiger partial charge in [0.2, 0.25) is 0 Å². The van der Waals surface area contributed by atoms with E-state index in [2.05, 4.69) is 20.3 Å². The van der Waals surface area contributed by atoms with Crippen LogP contribution in [0.1, 0.15) is 28.9 Å². The monoisotopic (exact) mass is 337 g/mol. The number of aromatic nitrogens is 4. The number of imidazole rings is 2. The van der Waals surface area contributed by atoms with Crippen molar-refractivity contribution in [2.24, 2.45) is 0 Å². The number of nitrogens with zero attached hydrogens (tertiary/aromatic N) is 3. The summed E-state index contributed by atoms with van der Waals surface area (Å²) in [6.45, 7) is 1.94. The highest BCUT2D eigenvalue weighted by Gasteiger charge is 2.24. The molecule has 1 amide bonds. The summed E-state index contributed by atoms with van der Waals surface area (Å²) in [6.07, 6.45) is 7.29. The normalized spacial score (nSPS) is 13.7. The van der Waals surface area contributed by atoms with E-state index >= 15 is 0 Å². The zero-order chi connectivity index (χ0) is 17.4. The van der Waals surface area contributed by atoms with Crippen LogP contribution in [0, 0.1) is 6.92 Å². The minimum absolute atomic E-state index is 0.0657. The first-order valence-corrected chi connectivity index (χ1v) is 8.20. The summed E-state index contributed by atoms with van der Waals surface area (Å²) in [6, 6.07) is 5.71. The first kappa shape index (κ1) is 15.4. The molecule has 128 valence electrons. The van der Waals surface area contributed by atoms with Gasteiger partial charge < -0.3 is 15.0 Å². The van der Waals surface area contributed by atoms with Crippen molar-refractivity contribution in [1.82, 2.24) is 24.8 Å². The Morgan fingerprint density at radius 3 is 2.88 bits per heavy atom. The molecular weight excluding hydrogens is 318 g/mol. The van der Waals surface area contributed by atoms with E-state index in [0.717, 1.165) is 29.9 Å². The van der Waals surface area contributed by atoms with Crippen molar-refractivity contribution in [1.29, 1.82) is 0 Å². The van der Waals surface area contributed by atoms with Crippen LogP contribution in [0.25, 0.3) is 17.2 Å². The van der Waals surface area contributed by atoms with Crippen LogP contribution < -0.4 is 10.1 Å². The van der Waals surface area contributed by atoms with Gasteiger partial charge in [-0.15, -0.1) is 0 Å². The van der Waals surface area contributed by atoms with Crippen molar-refractivity contribution in [3.8, 4) is 23.0 Å². The second-order valence-electron chi connectivity index (χ2n) is 6.13. The van der Waals surface area contributed by atoms with Gasteiger partial charge in [-0.1, -0.05) is 0 Å². The molecule has 4 rings (SSSR count). The van der Waals surface area contributed by atoms with Gasteiger partial charge in [0.25, 0.3) is 5.91 Å². The van der Waals surface area contributed by atoms with Gasteiger partial charge in [0.1, 0.15) is 11.4 Å². The Labute approximate surface area is 145 Å². The average molecular weight is 337 g/mol. The summed E-state index contributed by atoms with van der Waals surface area (Å²) >= 11 is 0. The Morgan fingerprint density at radius 2 is 2.20 bits per heavy atom. The van der Waals surface area contributed by atoms with E-state index in [9.17, 15) is 4.79 Å². The van der Waals surface area contributed by atoms with Crippen molar-refractivity contribution >= 4 is 5.91 Å². The highest BCUT2D eigenvalue weighted by Crippen LogP contribution is 2.29. The first-order chi connectivity index (χ1) is 12.2. The smallest absolute Gasteiger partial charge is 0.251 e. The maximum absolute atomic E-state index is 12.4. The number of aryl methyl sites for hydroxylation is 1. The Kier molecular flexibility index (Phi) is 3.76. The number of H-pyrrole nitrogens is 1. The molecule has 1 aliphatic rings. The third kappa shape index (κ3) is 2.88. The number of aromatic amines is 1. The lowest BCUT2D eigenvalue weighted by atomic mass is 10.1. The summed E-state index contributed by atoms with van der Waals surface area (Å²) in [5.41, 5.74) is 3.04. The molecule has 0 spiro atoms. The van der Waals surface area contributed by atoms with Crippen molar-refractivity contribution in [3.63, 3.8) is 0 Å². The number of hydrogen-bond donors (Lipinski definition) is 2. The number of hydrogen-bond acceptors (Lipinski definition) is 4. The molecule has 2 N–H and O–H groups in total. The molecule has 0 radical (unpaired) electrons. The van der Waals surface area contributed by atoms with Gasteiger partial charge in [-0.25, -0.2) is 9.97 Å². The lowest BCUT2D eigenvalue weighted by molar-refractivity contribution is 0.0951. The van der Waals surface area contributed by atoms with Gasteiger partial charge >= 0.3 is 0 Å². The van der Waals surface area contributed by atoms with E-state index in [0.29, 0.717) is 23.2 Å². The van der Waals surface area contributed by atoms with E-state index in [1.54, 1.807) is 31.8 Å². The molecular formula is C18H19N5O2. The second kappa shape index (κ2) is 6.08. The highest BCUT2D eigenvalue weighted by atomic mass is 16.5. The molecule has 25 heavy (non-hydrogen) atoms. The van der Waals surface area contributed by atoms with E-state index in [4.69, 9.17) is 4.74 Å². The molecule has 1 fully saturated rings. The van der Waals surface area contributed by atoms with Crippen LogP contribution in [0.4, 0.5) is 0 Å². The second-order valence-corrected chi connectivity index (χ2v) is 6.13. The van der Waals surface area contributed by atoms with Crippen LogP contribution in [0.2, 0.25) is 0 Å². The molecule has 1 aromatic carbocycles. The highest BCUT2D eigenvalue weighted by molar-refractivity contribution is 5.95. The number of benzene rings is 1. The molecule has 7 nitrogen and oxygen atoms in total. The first-order valence-electron chi connectivity index (χ1n) is 8.20. The molecule has 7 heteroatoms. The van der Waals surface area contributed by atoms with Crippen LogP contribution in [-0.4, -0.2) is 38.6 Å². The number of ether oxygens (including phenoxy) is 1. The quantitative estimate of drug-likeness (QED) is 0.749. The number of amides is 1. The van der Waals surface area contributed by atoms with Crippen LogP contribution in [0.5, 0.6) is 5.75 Å². The summed E-state index contributed by atoms with van der Waals surface area (Å²) in [4.78, 5) is 24.2. The summed E-state index contributed by atoms with van der Waals surface area (Å²) in [5, 5.41) is 3.01. The van der Waals surface area contributed by atoms with Gasteiger partial charge in [0.15, 0.2) is 5.82 Å². The van der Waals surface area contributed by atoms with E-state index < -0.39 is 0 Å². The minimum atomic E-state index is -0.0657. The molecule has 2 heterocycles. The lowest BCUT2D eigenvalue weighted by Crippen LogP contribution is -2.25. The molecule has 2 aromatic heterocycles. The van der Waals surface area contributed by atoms with Crippen LogP contribution in [0.15, 0.2) is 36.9 Å². The predicted octanol–water partition coefficient (Wildman–Crippen LogP) is 2.47. The fourth-order valence-electron chi connectivity index (χ4n) is 2.77. The zero-order valence-corrected chi connectivity index (χ0v) is 14.1. The van der Waals surface area contributed by atoms with Crippen LogP contribution in [0.3, 0.4) is 0 Å². The summed E-state index contributed by atoms with van der Waals surface area (Å²) in [7, 11) is 1.61. The molecule has 0 unspecified atom stereocenters. The Hall–Kier alpha value is -3.09. The number of rotatable bonds is 5. The predicted molar refractivity (Wildman–Crippen MR) is 92.9 cm³/mol. The van der Waals surface area contributed by atoms with Crippen molar-refractivity contribution in [2.75, 3.05) is 7.11 Å². The number of nitrogens with one attached hydrogen (secondary N) is 2. The molecule has 1 saturated carbocycles. The lowest BCUT2D eigenvalue weighted by Gasteiger charge is -2.13. The van der Waals surface area contributed by atoms with E-state index in [1.807, 2.05) is 23.8 Å².